The number of hydrogen-bond donors (Lipinski definition) is 0. The van der Waals surface area contributed by atoms with Gasteiger partial charge in [-0.25, -0.2) is 0 Å². The lowest BCUT2D eigenvalue weighted by Crippen LogP contribution is -1.98. The topological polar surface area (TPSA) is 26.3 Å². The molecule has 0 aromatic heterocycles. The molecule has 30 heavy (non-hydrogen) atoms. The molecule has 0 aliphatic carbocycles. The Morgan fingerprint density at radius 3 is 2.13 bits per heavy atom. The van der Waals surface area contributed by atoms with Crippen molar-refractivity contribution in [1.29, 1.82) is 0 Å². The molecule has 0 N–H and O–H groups in total. The van der Waals surface area contributed by atoms with Crippen LogP contribution in [0.4, 0.5) is 0 Å². The highest BCUT2D eigenvalue weighted by molar-refractivity contribution is 6.67. The molecule has 2 nitrogen and oxygen atoms in total. The highest BCUT2D eigenvalue weighted by Gasteiger charge is 2.11. The van der Waals surface area contributed by atoms with E-state index in [1.165, 1.54) is 32.1 Å². The van der Waals surface area contributed by atoms with Gasteiger partial charge in [-0.2, -0.15) is 0 Å². The lowest BCUT2D eigenvalue weighted by Gasteiger charge is -2.14. The molecule has 156 valence electrons. The van der Waals surface area contributed by atoms with Crippen molar-refractivity contribution in [1.82, 2.24) is 0 Å². The average molecular weight is 421 g/mol. The summed E-state index contributed by atoms with van der Waals surface area (Å²) in [6, 6.07) is 24.0. The third kappa shape index (κ3) is 6.21. The molecule has 0 heterocycles. The van der Waals surface area contributed by atoms with Gasteiger partial charge in [0.25, 0.3) is 5.24 Å². The van der Waals surface area contributed by atoms with E-state index in [4.69, 9.17) is 16.3 Å². The number of ether oxygens (including phenoxy) is 1. The van der Waals surface area contributed by atoms with Crippen molar-refractivity contribution in [3.8, 4) is 28.0 Å². The largest absolute Gasteiger partial charge is 0.494 e. The lowest BCUT2D eigenvalue weighted by molar-refractivity contribution is 0.108. The van der Waals surface area contributed by atoms with Gasteiger partial charge in [-0.15, -0.1) is 0 Å². The Hall–Kier alpha value is -2.58. The fourth-order valence-corrected chi connectivity index (χ4v) is 3.70. The van der Waals surface area contributed by atoms with E-state index < -0.39 is 5.24 Å². The number of unbranched alkanes of at least 4 members (excludes halogenated alkanes) is 5. The van der Waals surface area contributed by atoms with Crippen LogP contribution >= 0.6 is 11.6 Å². The quantitative estimate of drug-likeness (QED) is 0.231. The summed E-state index contributed by atoms with van der Waals surface area (Å²) in [7, 11) is 0. The predicted octanol–water partition coefficient (Wildman–Crippen LogP) is 8.14. The summed E-state index contributed by atoms with van der Waals surface area (Å²) in [4.78, 5) is 11.4. The van der Waals surface area contributed by atoms with Crippen LogP contribution in [0.3, 0.4) is 0 Å². The van der Waals surface area contributed by atoms with Crippen LogP contribution in [0, 0.1) is 0 Å². The van der Waals surface area contributed by atoms with Crippen LogP contribution < -0.4 is 4.74 Å². The Morgan fingerprint density at radius 2 is 1.43 bits per heavy atom. The number of benzene rings is 3. The minimum atomic E-state index is -0.444. The summed E-state index contributed by atoms with van der Waals surface area (Å²) in [5.41, 5.74) is 4.88. The summed E-state index contributed by atoms with van der Waals surface area (Å²) in [6.07, 6.45) is 7.47. The van der Waals surface area contributed by atoms with E-state index >= 15 is 0 Å². The van der Waals surface area contributed by atoms with Gasteiger partial charge >= 0.3 is 0 Å². The fraction of sp³-hybridized carbons (Fsp3) is 0.296. The van der Waals surface area contributed by atoms with E-state index in [0.29, 0.717) is 5.56 Å². The van der Waals surface area contributed by atoms with Crippen LogP contribution in [0.25, 0.3) is 22.3 Å². The summed E-state index contributed by atoms with van der Waals surface area (Å²) in [5.74, 6) is 0.871. The molecule has 0 spiro atoms. The Morgan fingerprint density at radius 1 is 0.767 bits per heavy atom. The summed E-state index contributed by atoms with van der Waals surface area (Å²) < 4.78 is 6.05. The second kappa shape index (κ2) is 11.6. The zero-order valence-corrected chi connectivity index (χ0v) is 18.3. The summed E-state index contributed by atoms with van der Waals surface area (Å²) in [6.45, 7) is 2.97. The van der Waals surface area contributed by atoms with E-state index in [1.54, 1.807) is 12.1 Å². The fourth-order valence-electron chi connectivity index (χ4n) is 3.57. The Bertz CT molecular complexity index is 933. The van der Waals surface area contributed by atoms with E-state index in [1.807, 2.05) is 36.4 Å². The zero-order chi connectivity index (χ0) is 21.2. The van der Waals surface area contributed by atoms with Gasteiger partial charge in [0, 0.05) is 5.56 Å². The first-order valence-corrected chi connectivity index (χ1v) is 11.2. The SMILES string of the molecule is CCCCCCCCOc1ccc(-c2ccccc2)c(-c2ccc(C(=O)Cl)cc2)c1. The average Bonchev–Trinajstić information content (AvgIpc) is 2.79. The van der Waals surface area contributed by atoms with Crippen molar-refractivity contribution in [3.63, 3.8) is 0 Å². The van der Waals surface area contributed by atoms with Crippen LogP contribution in [0.1, 0.15) is 55.8 Å². The molecule has 0 atom stereocenters. The Labute approximate surface area is 184 Å². The van der Waals surface area contributed by atoms with Gasteiger partial charge in [-0.05, 0) is 64.5 Å². The van der Waals surface area contributed by atoms with Gasteiger partial charge in [-0.3, -0.25) is 4.79 Å². The predicted molar refractivity (Wildman–Crippen MR) is 126 cm³/mol. The molecule has 0 saturated heterocycles. The summed E-state index contributed by atoms with van der Waals surface area (Å²) >= 11 is 5.61. The summed E-state index contributed by atoms with van der Waals surface area (Å²) in [5, 5.41) is -0.444. The molecular weight excluding hydrogens is 392 g/mol. The van der Waals surface area contributed by atoms with Crippen molar-refractivity contribution in [2.75, 3.05) is 6.61 Å². The Kier molecular flexibility index (Phi) is 8.53. The van der Waals surface area contributed by atoms with Crippen LogP contribution in [0.5, 0.6) is 5.75 Å². The molecule has 0 unspecified atom stereocenters. The molecule has 0 bridgehead atoms. The standard InChI is InChI=1S/C27H29ClO2/c1-2-3-4-5-6-10-19-30-24-17-18-25(21-11-8-7-9-12-21)26(20-24)22-13-15-23(16-14-22)27(28)29/h7-9,11-18,20H,2-6,10,19H2,1H3. The van der Waals surface area contributed by atoms with Crippen LogP contribution in [-0.2, 0) is 0 Å². The van der Waals surface area contributed by atoms with Crippen molar-refractivity contribution in [2.24, 2.45) is 0 Å². The van der Waals surface area contributed by atoms with Crippen LogP contribution in [-0.4, -0.2) is 11.8 Å². The number of rotatable bonds is 11. The van der Waals surface area contributed by atoms with Gasteiger partial charge in [0.15, 0.2) is 0 Å². The van der Waals surface area contributed by atoms with E-state index in [9.17, 15) is 4.79 Å². The van der Waals surface area contributed by atoms with Crippen molar-refractivity contribution >= 4 is 16.8 Å². The lowest BCUT2D eigenvalue weighted by atomic mass is 9.94. The molecular formula is C27H29ClO2. The Balaban J connectivity index is 1.78. The molecule has 0 fully saturated rings. The maximum Gasteiger partial charge on any atom is 0.252 e. The second-order valence-electron chi connectivity index (χ2n) is 7.54. The van der Waals surface area contributed by atoms with Crippen LogP contribution in [0.15, 0.2) is 72.8 Å². The zero-order valence-electron chi connectivity index (χ0n) is 17.6. The smallest absolute Gasteiger partial charge is 0.252 e. The van der Waals surface area contributed by atoms with Gasteiger partial charge in [-0.1, -0.05) is 87.6 Å². The molecule has 3 aromatic rings. The first-order valence-electron chi connectivity index (χ1n) is 10.8. The number of carbonyl (C=O) groups excluding carboxylic acids is 1. The highest BCUT2D eigenvalue weighted by atomic mass is 35.5. The third-order valence-electron chi connectivity index (χ3n) is 5.27. The number of halogens is 1. The minimum Gasteiger partial charge on any atom is -0.494 e. The maximum absolute atomic E-state index is 11.4. The van der Waals surface area contributed by atoms with Crippen molar-refractivity contribution < 1.29 is 9.53 Å². The van der Waals surface area contributed by atoms with Crippen molar-refractivity contribution in [3.05, 3.63) is 78.4 Å². The number of carbonyl (C=O) groups is 1. The van der Waals surface area contributed by atoms with E-state index in [0.717, 1.165) is 41.0 Å². The molecule has 0 aliphatic heterocycles. The monoisotopic (exact) mass is 420 g/mol. The first kappa shape index (κ1) is 22.1. The normalized spacial score (nSPS) is 10.7. The van der Waals surface area contributed by atoms with Gasteiger partial charge in [0.2, 0.25) is 0 Å². The van der Waals surface area contributed by atoms with Gasteiger partial charge in [0.1, 0.15) is 5.75 Å². The van der Waals surface area contributed by atoms with Crippen LogP contribution in [0.2, 0.25) is 0 Å². The number of hydrogen-bond acceptors (Lipinski definition) is 2. The molecule has 0 radical (unpaired) electrons. The molecule has 0 aliphatic rings. The molecule has 3 heteroatoms. The van der Waals surface area contributed by atoms with Gasteiger partial charge in [0.05, 0.1) is 6.61 Å². The first-order chi connectivity index (χ1) is 14.7. The van der Waals surface area contributed by atoms with E-state index in [-0.39, 0.29) is 0 Å². The van der Waals surface area contributed by atoms with Crippen molar-refractivity contribution in [2.45, 2.75) is 45.4 Å². The second-order valence-corrected chi connectivity index (χ2v) is 7.88. The molecule has 0 saturated carbocycles. The highest BCUT2D eigenvalue weighted by Crippen LogP contribution is 2.35. The van der Waals surface area contributed by atoms with Gasteiger partial charge < -0.3 is 4.74 Å². The molecule has 3 rings (SSSR count). The third-order valence-corrected chi connectivity index (χ3v) is 5.48. The molecule has 0 amide bonds. The van der Waals surface area contributed by atoms with E-state index in [2.05, 4.69) is 31.2 Å². The maximum atomic E-state index is 11.4. The molecule has 3 aromatic carbocycles. The minimum absolute atomic E-state index is 0.444.